The van der Waals surface area contributed by atoms with Crippen LogP contribution in [0.4, 0.5) is 26.5 Å². The van der Waals surface area contributed by atoms with E-state index in [2.05, 4.69) is 20.2 Å². The molecule has 12 heteroatoms. The van der Waals surface area contributed by atoms with Crippen LogP contribution in [-0.2, 0) is 9.47 Å². The number of nitrogens with one attached hydrogen (secondary N) is 1. The summed E-state index contributed by atoms with van der Waals surface area (Å²) in [6.07, 6.45) is 3.93. The van der Waals surface area contributed by atoms with E-state index in [0.29, 0.717) is 42.5 Å². The number of hydrogen-bond acceptors (Lipinski definition) is 9. The molecule has 2 aromatic heterocycles. The van der Waals surface area contributed by atoms with E-state index >= 15 is 4.39 Å². The molecular weight excluding hydrogens is 551 g/mol. The zero-order valence-corrected chi connectivity index (χ0v) is 23.9. The number of carbonyl (C=O) groups excluding carboxylic acids is 1. The Labute approximate surface area is 242 Å². The Bertz CT molecular complexity index is 1520. The van der Waals surface area contributed by atoms with Gasteiger partial charge in [0.1, 0.15) is 46.2 Å². The van der Waals surface area contributed by atoms with Crippen LogP contribution in [0.3, 0.4) is 0 Å². The predicted octanol–water partition coefficient (Wildman–Crippen LogP) is 5.32. The van der Waals surface area contributed by atoms with E-state index in [1.807, 2.05) is 37.8 Å². The molecule has 0 radical (unpaired) electrons. The van der Waals surface area contributed by atoms with Gasteiger partial charge in [-0.1, -0.05) is 11.6 Å². The van der Waals surface area contributed by atoms with Crippen LogP contribution in [0.1, 0.15) is 40.0 Å². The summed E-state index contributed by atoms with van der Waals surface area (Å²) in [5.41, 5.74) is 0.482. The number of halogens is 2. The highest BCUT2D eigenvalue weighted by molar-refractivity contribution is 6.32. The van der Waals surface area contributed by atoms with Crippen LogP contribution in [0.15, 0.2) is 30.6 Å². The standard InChI is InChI=1S/C29H32ClFN6O4/c1-28(2,3)41-27(38)37-12-17-8-18(37)11-36(17)22-7-5-20-25(35-22)26(33-15-32-20)34-19-4-6-21(23(30)24(19)31)39-14-29-9-16(10-29)13-40-29/h4-7,15-18H,8-14H2,1-3H3,(H,32,33,34)/t16?,17-,18-,29?/m0/s1. The molecule has 1 aliphatic carbocycles. The van der Waals surface area contributed by atoms with Gasteiger partial charge in [0, 0.05) is 13.1 Å². The fraction of sp³-hybridized carbons (Fsp3) is 0.517. The lowest BCUT2D eigenvalue weighted by molar-refractivity contribution is -0.0358. The Morgan fingerprint density at radius 3 is 2.73 bits per heavy atom. The molecule has 6 heterocycles. The number of benzene rings is 1. The van der Waals surface area contributed by atoms with E-state index in [9.17, 15) is 4.79 Å². The maximum Gasteiger partial charge on any atom is 0.410 e. The monoisotopic (exact) mass is 582 g/mol. The van der Waals surface area contributed by atoms with Crippen molar-refractivity contribution in [3.63, 3.8) is 0 Å². The van der Waals surface area contributed by atoms with Gasteiger partial charge >= 0.3 is 6.09 Å². The van der Waals surface area contributed by atoms with Crippen molar-refractivity contribution in [2.45, 2.75) is 63.3 Å². The van der Waals surface area contributed by atoms with E-state index < -0.39 is 11.4 Å². The van der Waals surface area contributed by atoms with Crippen LogP contribution in [0, 0.1) is 11.7 Å². The van der Waals surface area contributed by atoms with Gasteiger partial charge in [0.15, 0.2) is 11.6 Å². The molecular formula is C29H32ClFN6O4. The van der Waals surface area contributed by atoms with Crippen LogP contribution in [0.2, 0.25) is 5.02 Å². The first kappa shape index (κ1) is 26.5. The smallest absolute Gasteiger partial charge is 0.410 e. The fourth-order valence-corrected chi connectivity index (χ4v) is 6.65. The summed E-state index contributed by atoms with van der Waals surface area (Å²) in [5, 5.41) is 2.95. The van der Waals surface area contributed by atoms with Gasteiger partial charge in [0.2, 0.25) is 0 Å². The second-order valence-electron chi connectivity index (χ2n) is 12.5. The minimum absolute atomic E-state index is 0.0551. The molecule has 216 valence electrons. The highest BCUT2D eigenvalue weighted by Crippen LogP contribution is 2.49. The molecule has 1 aromatic carbocycles. The van der Waals surface area contributed by atoms with Crippen LogP contribution in [-0.4, -0.2) is 75.5 Å². The van der Waals surface area contributed by atoms with E-state index in [-0.39, 0.29) is 40.2 Å². The van der Waals surface area contributed by atoms with Crippen LogP contribution in [0.5, 0.6) is 5.75 Å². The van der Waals surface area contributed by atoms with Crippen molar-refractivity contribution in [3.05, 3.63) is 41.4 Å². The molecule has 3 aromatic rings. The van der Waals surface area contributed by atoms with Gasteiger partial charge in [0.25, 0.3) is 0 Å². The summed E-state index contributed by atoms with van der Waals surface area (Å²) in [7, 11) is 0. The largest absolute Gasteiger partial charge is 0.489 e. The van der Waals surface area contributed by atoms with Crippen molar-refractivity contribution < 1.29 is 23.4 Å². The average molecular weight is 583 g/mol. The molecule has 1 amide bonds. The Balaban J connectivity index is 1.08. The van der Waals surface area contributed by atoms with Gasteiger partial charge < -0.3 is 29.3 Å². The topological polar surface area (TPSA) is 102 Å². The highest BCUT2D eigenvalue weighted by Gasteiger charge is 2.52. The van der Waals surface area contributed by atoms with Crippen molar-refractivity contribution in [2.75, 3.05) is 36.5 Å². The Morgan fingerprint density at radius 2 is 2.02 bits per heavy atom. The minimum atomic E-state index is -0.637. The number of likely N-dealkylation sites (tertiary alicyclic amines) is 1. The second-order valence-corrected chi connectivity index (χ2v) is 12.9. The van der Waals surface area contributed by atoms with E-state index in [4.69, 9.17) is 30.8 Å². The molecule has 41 heavy (non-hydrogen) atoms. The van der Waals surface area contributed by atoms with Gasteiger partial charge in [0.05, 0.1) is 29.9 Å². The predicted molar refractivity (Wildman–Crippen MR) is 151 cm³/mol. The summed E-state index contributed by atoms with van der Waals surface area (Å²) in [6.45, 7) is 7.95. The minimum Gasteiger partial charge on any atom is -0.489 e. The summed E-state index contributed by atoms with van der Waals surface area (Å²) >= 11 is 6.37. The van der Waals surface area contributed by atoms with Gasteiger partial charge in [-0.15, -0.1) is 0 Å². The number of ether oxygens (including phenoxy) is 3. The maximum absolute atomic E-state index is 15.4. The molecule has 0 spiro atoms. The molecule has 5 fully saturated rings. The third-order valence-corrected chi connectivity index (χ3v) is 8.72. The number of anilines is 3. The Hall–Kier alpha value is -3.44. The second kappa shape index (κ2) is 9.55. The van der Waals surface area contributed by atoms with Crippen molar-refractivity contribution in [1.82, 2.24) is 19.9 Å². The van der Waals surface area contributed by atoms with Gasteiger partial charge in [-0.25, -0.2) is 24.1 Å². The molecule has 1 N–H and O–H groups in total. The third-order valence-electron chi connectivity index (χ3n) is 8.37. The van der Waals surface area contributed by atoms with Crippen LogP contribution < -0.4 is 15.0 Å². The molecule has 10 nitrogen and oxygen atoms in total. The van der Waals surface area contributed by atoms with E-state index in [1.54, 1.807) is 12.1 Å². The lowest BCUT2D eigenvalue weighted by Gasteiger charge is -2.35. The first-order chi connectivity index (χ1) is 19.6. The summed E-state index contributed by atoms with van der Waals surface area (Å²) in [5.74, 6) is 1.37. The highest BCUT2D eigenvalue weighted by atomic mass is 35.5. The molecule has 5 aliphatic rings. The Morgan fingerprint density at radius 1 is 1.20 bits per heavy atom. The number of aromatic nitrogens is 3. The van der Waals surface area contributed by atoms with Crippen LogP contribution >= 0.6 is 11.6 Å². The van der Waals surface area contributed by atoms with Crippen molar-refractivity contribution in [1.29, 1.82) is 0 Å². The molecule has 4 saturated heterocycles. The van der Waals surface area contributed by atoms with Gasteiger partial charge in [-0.05, 0) is 70.2 Å². The normalized spacial score (nSPS) is 26.4. The van der Waals surface area contributed by atoms with Gasteiger partial charge in [-0.3, -0.25) is 0 Å². The lowest BCUT2D eigenvalue weighted by atomic mass is 9.75. The number of rotatable bonds is 6. The Kier molecular flexibility index (Phi) is 6.17. The number of nitrogens with zero attached hydrogens (tertiary/aromatic N) is 5. The lowest BCUT2D eigenvalue weighted by Crippen LogP contribution is -2.50. The summed E-state index contributed by atoms with van der Waals surface area (Å²) in [4.78, 5) is 30.2. The number of amides is 1. The fourth-order valence-electron chi connectivity index (χ4n) is 6.43. The van der Waals surface area contributed by atoms with Crippen LogP contribution in [0.25, 0.3) is 11.0 Å². The molecule has 8 rings (SSSR count). The molecule has 0 unspecified atom stereocenters. The zero-order valence-electron chi connectivity index (χ0n) is 23.2. The number of hydrogen-bond donors (Lipinski definition) is 1. The number of pyridine rings is 1. The quantitative estimate of drug-likeness (QED) is 0.414. The van der Waals surface area contributed by atoms with E-state index in [0.717, 1.165) is 31.7 Å². The number of carbonyl (C=O) groups is 1. The molecule has 4 aliphatic heterocycles. The van der Waals surface area contributed by atoms with Crippen molar-refractivity contribution in [3.8, 4) is 5.75 Å². The summed E-state index contributed by atoms with van der Waals surface area (Å²) in [6, 6.07) is 7.20. The molecule has 1 saturated carbocycles. The number of piperazine rings is 1. The summed E-state index contributed by atoms with van der Waals surface area (Å²) < 4.78 is 32.6. The SMILES string of the molecule is CC(C)(C)OC(=O)N1C[C@@H]2C[C@H]1CN2c1ccc2ncnc(Nc3ccc(OCC45CC(CO4)C5)c(Cl)c3F)c2n1. The first-order valence-corrected chi connectivity index (χ1v) is 14.4. The first-order valence-electron chi connectivity index (χ1n) is 14.0. The van der Waals surface area contributed by atoms with Crippen molar-refractivity contribution >= 4 is 46.1 Å². The maximum atomic E-state index is 15.4. The average Bonchev–Trinajstić information content (AvgIpc) is 3.71. The molecule has 2 atom stereocenters. The molecule has 4 bridgehead atoms. The number of fused-ring (bicyclic) bond motifs is 4. The van der Waals surface area contributed by atoms with Crippen molar-refractivity contribution in [2.24, 2.45) is 5.92 Å². The van der Waals surface area contributed by atoms with Gasteiger partial charge in [-0.2, -0.15) is 0 Å². The zero-order chi connectivity index (χ0) is 28.5. The van der Waals surface area contributed by atoms with E-state index in [1.165, 1.54) is 6.33 Å². The third kappa shape index (κ3) is 4.78.